The molecule has 162 valence electrons. The van der Waals surface area contributed by atoms with Crippen LogP contribution >= 0.6 is 23.1 Å². The van der Waals surface area contributed by atoms with Crippen LogP contribution in [0.3, 0.4) is 0 Å². The van der Waals surface area contributed by atoms with Gasteiger partial charge in [-0.25, -0.2) is 4.98 Å². The molecule has 0 spiro atoms. The molecule has 0 fully saturated rings. The summed E-state index contributed by atoms with van der Waals surface area (Å²) >= 11 is 3.04. The lowest BCUT2D eigenvalue weighted by Gasteiger charge is -2.07. The van der Waals surface area contributed by atoms with Crippen molar-refractivity contribution in [3.8, 4) is 27.9 Å². The lowest BCUT2D eigenvalue weighted by Crippen LogP contribution is -2.17. The van der Waals surface area contributed by atoms with Crippen LogP contribution in [-0.4, -0.2) is 33.2 Å². The number of ether oxygens (including phenoxy) is 2. The Kier molecular flexibility index (Phi) is 5.83. The average Bonchev–Trinajstić information content (AvgIpc) is 3.53. The minimum Gasteiger partial charge on any atom is -0.454 e. The van der Waals surface area contributed by atoms with E-state index >= 15 is 0 Å². The molecule has 0 saturated carbocycles. The van der Waals surface area contributed by atoms with Crippen LogP contribution in [0.15, 0.2) is 60.0 Å². The first kappa shape index (κ1) is 20.6. The highest BCUT2D eigenvalue weighted by atomic mass is 32.2. The van der Waals surface area contributed by atoms with Crippen LogP contribution in [-0.2, 0) is 10.5 Å². The summed E-state index contributed by atoms with van der Waals surface area (Å²) in [6, 6.07) is 17.7. The second-order valence-electron chi connectivity index (χ2n) is 7.19. The normalized spacial score (nSPS) is 12.2. The summed E-state index contributed by atoms with van der Waals surface area (Å²) in [4.78, 5) is 17.2. The molecule has 0 radical (unpaired) electrons. The lowest BCUT2D eigenvalue weighted by molar-refractivity contribution is -0.113. The Labute approximate surface area is 193 Å². The number of amides is 1. The molecule has 2 aromatic carbocycles. The number of aryl methyl sites for hydroxylation is 1. The Bertz CT molecular complexity index is 1250. The van der Waals surface area contributed by atoms with E-state index in [9.17, 15) is 4.79 Å². The van der Waals surface area contributed by atoms with E-state index in [0.717, 1.165) is 28.5 Å². The van der Waals surface area contributed by atoms with E-state index in [0.29, 0.717) is 22.5 Å². The second kappa shape index (κ2) is 9.05. The van der Waals surface area contributed by atoms with Crippen LogP contribution < -0.4 is 14.8 Å². The van der Waals surface area contributed by atoms with E-state index < -0.39 is 0 Å². The zero-order valence-electron chi connectivity index (χ0n) is 17.3. The smallest absolute Gasteiger partial charge is 0.235 e. The molecule has 0 saturated heterocycles. The number of nitrogens with one attached hydrogen (secondary N) is 1. The molecule has 1 aliphatic heterocycles. The van der Waals surface area contributed by atoms with Crippen molar-refractivity contribution in [2.75, 3.05) is 17.9 Å². The highest BCUT2D eigenvalue weighted by Crippen LogP contribution is 2.36. The van der Waals surface area contributed by atoms with E-state index in [-0.39, 0.29) is 12.7 Å². The van der Waals surface area contributed by atoms with E-state index in [4.69, 9.17) is 14.5 Å². The summed E-state index contributed by atoms with van der Waals surface area (Å²) in [7, 11) is 0. The highest BCUT2D eigenvalue weighted by Gasteiger charge is 2.17. The van der Waals surface area contributed by atoms with Crippen LogP contribution in [0.25, 0.3) is 16.4 Å². The summed E-state index contributed by atoms with van der Waals surface area (Å²) in [6.45, 7) is 2.13. The molecule has 9 heteroatoms. The van der Waals surface area contributed by atoms with Gasteiger partial charge in [-0.3, -0.25) is 4.79 Å². The number of nitrogens with zero attached hydrogens (tertiary/aromatic N) is 3. The standard InChI is InChI=1S/C23H20N4O3S2/c1-15-9-21(25-22(28)13-31-11-16-5-3-2-4-6-16)27(26-15)23-24-18(12-32-23)17-7-8-19-20(10-17)30-14-29-19/h2-10,12H,11,13-14H2,1H3,(H,25,28). The lowest BCUT2D eigenvalue weighted by atomic mass is 10.1. The minimum atomic E-state index is -0.0698. The molecule has 1 amide bonds. The number of carbonyl (C=O) groups is 1. The van der Waals surface area contributed by atoms with Gasteiger partial charge in [0.05, 0.1) is 17.1 Å². The Balaban J connectivity index is 1.28. The van der Waals surface area contributed by atoms with Crippen LogP contribution in [0, 0.1) is 6.92 Å². The van der Waals surface area contributed by atoms with Gasteiger partial charge in [-0.2, -0.15) is 9.78 Å². The predicted octanol–water partition coefficient (Wildman–Crippen LogP) is 4.90. The second-order valence-corrected chi connectivity index (χ2v) is 9.01. The fourth-order valence-electron chi connectivity index (χ4n) is 3.30. The van der Waals surface area contributed by atoms with Gasteiger partial charge in [0.1, 0.15) is 5.82 Å². The summed E-state index contributed by atoms with van der Waals surface area (Å²) in [5, 5.41) is 10.1. The van der Waals surface area contributed by atoms with Gasteiger partial charge in [0.15, 0.2) is 11.5 Å². The number of benzene rings is 2. The molecular formula is C23H20N4O3S2. The first-order chi connectivity index (χ1) is 15.7. The topological polar surface area (TPSA) is 78.3 Å². The monoisotopic (exact) mass is 464 g/mol. The number of rotatable bonds is 7. The van der Waals surface area contributed by atoms with Crippen molar-refractivity contribution in [1.29, 1.82) is 0 Å². The molecule has 1 N–H and O–H groups in total. The fourth-order valence-corrected chi connectivity index (χ4v) is 4.88. The van der Waals surface area contributed by atoms with Crippen LogP contribution in [0.1, 0.15) is 11.3 Å². The van der Waals surface area contributed by atoms with E-state index in [1.54, 1.807) is 16.4 Å². The number of hydrogen-bond donors (Lipinski definition) is 1. The van der Waals surface area contributed by atoms with Gasteiger partial charge in [-0.15, -0.1) is 23.1 Å². The molecule has 7 nitrogen and oxygen atoms in total. The van der Waals surface area contributed by atoms with Gasteiger partial charge in [0, 0.05) is 22.8 Å². The molecule has 0 aliphatic carbocycles. The van der Waals surface area contributed by atoms with Crippen molar-refractivity contribution in [2.24, 2.45) is 0 Å². The fraction of sp³-hybridized carbons (Fsp3) is 0.174. The summed E-state index contributed by atoms with van der Waals surface area (Å²) in [5.74, 6) is 3.14. The number of hydrogen-bond acceptors (Lipinski definition) is 7. The number of fused-ring (bicyclic) bond motifs is 1. The number of anilines is 1. The quantitative estimate of drug-likeness (QED) is 0.419. The number of thioether (sulfide) groups is 1. The Morgan fingerprint density at radius 3 is 2.88 bits per heavy atom. The van der Waals surface area contributed by atoms with Crippen molar-refractivity contribution in [2.45, 2.75) is 12.7 Å². The first-order valence-electron chi connectivity index (χ1n) is 10.00. The molecule has 5 rings (SSSR count). The summed E-state index contributed by atoms with van der Waals surface area (Å²) in [6.07, 6.45) is 0. The van der Waals surface area contributed by atoms with E-state index in [2.05, 4.69) is 22.5 Å². The molecule has 0 atom stereocenters. The Morgan fingerprint density at radius 2 is 2.00 bits per heavy atom. The molecule has 32 heavy (non-hydrogen) atoms. The number of thiazole rings is 1. The third-order valence-electron chi connectivity index (χ3n) is 4.79. The Hall–Kier alpha value is -3.30. The van der Waals surface area contributed by atoms with Crippen LogP contribution in [0.2, 0.25) is 0 Å². The minimum absolute atomic E-state index is 0.0698. The Morgan fingerprint density at radius 1 is 1.16 bits per heavy atom. The molecule has 1 aliphatic rings. The van der Waals surface area contributed by atoms with E-state index in [1.165, 1.54) is 16.9 Å². The molecule has 3 heterocycles. The SMILES string of the molecule is Cc1cc(NC(=O)CSCc2ccccc2)n(-c2nc(-c3ccc4c(c3)OCO4)cs2)n1. The largest absolute Gasteiger partial charge is 0.454 e. The van der Waals surface area contributed by atoms with Gasteiger partial charge < -0.3 is 14.8 Å². The van der Waals surface area contributed by atoms with Crippen molar-refractivity contribution >= 4 is 34.8 Å². The van der Waals surface area contributed by atoms with Gasteiger partial charge in [-0.05, 0) is 30.7 Å². The maximum Gasteiger partial charge on any atom is 0.235 e. The van der Waals surface area contributed by atoms with Gasteiger partial charge in [0.2, 0.25) is 17.8 Å². The summed E-state index contributed by atoms with van der Waals surface area (Å²) in [5.41, 5.74) is 3.75. The van der Waals surface area contributed by atoms with Crippen molar-refractivity contribution in [3.63, 3.8) is 0 Å². The zero-order valence-corrected chi connectivity index (χ0v) is 18.9. The maximum absolute atomic E-state index is 12.5. The van der Waals surface area contributed by atoms with Gasteiger partial charge in [0.25, 0.3) is 0 Å². The third kappa shape index (κ3) is 4.49. The average molecular weight is 465 g/mol. The van der Waals surface area contributed by atoms with Crippen LogP contribution in [0.5, 0.6) is 11.5 Å². The number of carbonyl (C=O) groups excluding carboxylic acids is 1. The third-order valence-corrected chi connectivity index (χ3v) is 6.61. The summed E-state index contributed by atoms with van der Waals surface area (Å²) < 4.78 is 12.5. The van der Waals surface area contributed by atoms with Gasteiger partial charge >= 0.3 is 0 Å². The van der Waals surface area contributed by atoms with Crippen molar-refractivity contribution in [3.05, 3.63) is 71.2 Å². The van der Waals surface area contributed by atoms with Crippen molar-refractivity contribution in [1.82, 2.24) is 14.8 Å². The maximum atomic E-state index is 12.5. The zero-order chi connectivity index (χ0) is 21.9. The van der Waals surface area contributed by atoms with Gasteiger partial charge in [-0.1, -0.05) is 30.3 Å². The molecule has 4 aromatic rings. The first-order valence-corrected chi connectivity index (χ1v) is 12.0. The predicted molar refractivity (Wildman–Crippen MR) is 127 cm³/mol. The molecule has 2 aromatic heterocycles. The van der Waals surface area contributed by atoms with E-state index in [1.807, 2.05) is 54.8 Å². The molecule has 0 unspecified atom stereocenters. The molecular weight excluding hydrogens is 444 g/mol. The van der Waals surface area contributed by atoms with Crippen LogP contribution in [0.4, 0.5) is 5.82 Å². The van der Waals surface area contributed by atoms with Crippen molar-refractivity contribution < 1.29 is 14.3 Å². The number of aromatic nitrogens is 3. The highest BCUT2D eigenvalue weighted by molar-refractivity contribution is 7.99. The molecule has 0 bridgehead atoms.